The van der Waals surface area contributed by atoms with Crippen molar-refractivity contribution in [3.05, 3.63) is 46.6 Å². The Morgan fingerprint density at radius 3 is 2.84 bits per heavy atom. The topological polar surface area (TPSA) is 61.4 Å². The van der Waals surface area contributed by atoms with Crippen molar-refractivity contribution in [1.82, 2.24) is 10.2 Å². The Labute approximate surface area is 155 Å². The number of nitrogens with zero attached hydrogens (tertiary/aromatic N) is 2. The Balaban J connectivity index is 1.65. The molecule has 2 N–H and O–H groups in total. The van der Waals surface area contributed by atoms with Crippen LogP contribution < -0.4 is 4.90 Å². The number of aliphatic hydroxyl groups excluding tert-OH is 1. The number of morpholine rings is 1. The molecule has 1 aliphatic heterocycles. The standard InChI is InChI=1S/C18H17Cl2N3O2/c19-16-7-14(17(20)18-15(16)8-21-22-18)11-1-3-12(4-2-11)23-5-6-25-13(9-23)10-24/h1-4,7-8,13,24H,5-6,9-10H2,(H,21,22). The number of fused-ring (bicyclic) bond motifs is 1. The van der Waals surface area contributed by atoms with Gasteiger partial charge in [0.15, 0.2) is 0 Å². The molecule has 0 saturated carbocycles. The first kappa shape index (κ1) is 16.7. The first-order valence-electron chi connectivity index (χ1n) is 8.06. The van der Waals surface area contributed by atoms with E-state index in [1.54, 1.807) is 6.20 Å². The molecular weight excluding hydrogens is 361 g/mol. The summed E-state index contributed by atoms with van der Waals surface area (Å²) in [5.74, 6) is 0. The van der Waals surface area contributed by atoms with Crippen LogP contribution >= 0.6 is 23.2 Å². The highest BCUT2D eigenvalue weighted by Gasteiger charge is 2.20. The molecule has 0 bridgehead atoms. The van der Waals surface area contributed by atoms with E-state index in [1.807, 2.05) is 18.2 Å². The second kappa shape index (κ2) is 6.84. The second-order valence-corrected chi connectivity index (χ2v) is 6.83. The normalized spacial score (nSPS) is 18.0. The van der Waals surface area contributed by atoms with Crippen molar-refractivity contribution < 1.29 is 9.84 Å². The maximum Gasteiger partial charge on any atom is 0.0980 e. The van der Waals surface area contributed by atoms with Gasteiger partial charge in [-0.05, 0) is 23.8 Å². The lowest BCUT2D eigenvalue weighted by Crippen LogP contribution is -2.44. The zero-order valence-corrected chi connectivity index (χ0v) is 14.9. The monoisotopic (exact) mass is 377 g/mol. The molecular formula is C18H17Cl2N3O2. The molecule has 130 valence electrons. The molecule has 1 aromatic heterocycles. The lowest BCUT2D eigenvalue weighted by Gasteiger charge is -2.33. The van der Waals surface area contributed by atoms with Crippen molar-refractivity contribution in [1.29, 1.82) is 0 Å². The van der Waals surface area contributed by atoms with Crippen molar-refractivity contribution in [3.63, 3.8) is 0 Å². The van der Waals surface area contributed by atoms with E-state index in [1.165, 1.54) is 0 Å². The number of hydrogen-bond donors (Lipinski definition) is 2. The van der Waals surface area contributed by atoms with Crippen LogP contribution in [0, 0.1) is 0 Å². The summed E-state index contributed by atoms with van der Waals surface area (Å²) in [6, 6.07) is 10.0. The molecule has 2 heterocycles. The molecule has 1 aliphatic rings. The minimum Gasteiger partial charge on any atom is -0.394 e. The maximum atomic E-state index is 9.29. The summed E-state index contributed by atoms with van der Waals surface area (Å²) < 4.78 is 5.50. The summed E-state index contributed by atoms with van der Waals surface area (Å²) in [5.41, 5.74) is 3.69. The molecule has 1 unspecified atom stereocenters. The number of aromatic amines is 1. The smallest absolute Gasteiger partial charge is 0.0980 e. The summed E-state index contributed by atoms with van der Waals surface area (Å²) in [4.78, 5) is 2.21. The summed E-state index contributed by atoms with van der Waals surface area (Å²) >= 11 is 12.9. The zero-order chi connectivity index (χ0) is 17.4. The molecule has 0 spiro atoms. The van der Waals surface area contributed by atoms with Crippen molar-refractivity contribution in [2.45, 2.75) is 6.10 Å². The molecule has 25 heavy (non-hydrogen) atoms. The SMILES string of the molecule is OCC1CN(c2ccc(-c3cc(Cl)c4cn[nH]c4c3Cl)cc2)CCO1. The lowest BCUT2D eigenvalue weighted by molar-refractivity contribution is 0.00357. The molecule has 0 aliphatic carbocycles. The summed E-state index contributed by atoms with van der Waals surface area (Å²) in [5, 5.41) is 18.2. The summed E-state index contributed by atoms with van der Waals surface area (Å²) in [6.45, 7) is 2.14. The molecule has 1 fully saturated rings. The lowest BCUT2D eigenvalue weighted by atomic mass is 10.0. The van der Waals surface area contributed by atoms with Gasteiger partial charge in [0.05, 0.1) is 41.1 Å². The maximum absolute atomic E-state index is 9.29. The van der Waals surface area contributed by atoms with E-state index >= 15 is 0 Å². The fourth-order valence-electron chi connectivity index (χ4n) is 3.16. The molecule has 7 heteroatoms. The Morgan fingerprint density at radius 2 is 2.08 bits per heavy atom. The van der Waals surface area contributed by atoms with Crippen molar-refractivity contribution in [2.75, 3.05) is 31.2 Å². The fraction of sp³-hybridized carbons (Fsp3) is 0.278. The zero-order valence-electron chi connectivity index (χ0n) is 13.4. The minimum atomic E-state index is -0.135. The van der Waals surface area contributed by atoms with Gasteiger partial charge in [0.25, 0.3) is 0 Å². The van der Waals surface area contributed by atoms with Crippen molar-refractivity contribution in [2.24, 2.45) is 0 Å². The second-order valence-electron chi connectivity index (χ2n) is 6.05. The van der Waals surface area contributed by atoms with Gasteiger partial charge < -0.3 is 14.7 Å². The number of anilines is 1. The van der Waals surface area contributed by atoms with Gasteiger partial charge in [0, 0.05) is 29.7 Å². The first-order valence-corrected chi connectivity index (χ1v) is 8.82. The van der Waals surface area contributed by atoms with Gasteiger partial charge in [-0.1, -0.05) is 35.3 Å². The van der Waals surface area contributed by atoms with Crippen LogP contribution in [0.15, 0.2) is 36.5 Å². The minimum absolute atomic E-state index is 0.0346. The van der Waals surface area contributed by atoms with Crippen LogP contribution in [0.4, 0.5) is 5.69 Å². The number of aliphatic hydroxyl groups is 1. The van der Waals surface area contributed by atoms with Crippen LogP contribution in [-0.2, 0) is 4.74 Å². The third-order valence-electron chi connectivity index (χ3n) is 4.51. The Kier molecular flexibility index (Phi) is 4.56. The van der Waals surface area contributed by atoms with E-state index in [0.29, 0.717) is 23.2 Å². The Bertz CT molecular complexity index is 895. The van der Waals surface area contributed by atoms with Crippen LogP contribution in [-0.4, -0.2) is 47.7 Å². The van der Waals surface area contributed by atoms with Gasteiger partial charge in [-0.3, -0.25) is 5.10 Å². The van der Waals surface area contributed by atoms with Crippen LogP contribution in [0.5, 0.6) is 0 Å². The molecule has 3 aromatic rings. The number of rotatable bonds is 3. The third kappa shape index (κ3) is 3.09. The van der Waals surface area contributed by atoms with Gasteiger partial charge in [-0.25, -0.2) is 0 Å². The first-order chi connectivity index (χ1) is 12.2. The molecule has 0 radical (unpaired) electrons. The van der Waals surface area contributed by atoms with Gasteiger partial charge >= 0.3 is 0 Å². The number of halogens is 2. The number of benzene rings is 2. The van der Waals surface area contributed by atoms with Gasteiger partial charge in [0.1, 0.15) is 0 Å². The van der Waals surface area contributed by atoms with Crippen LogP contribution in [0.3, 0.4) is 0 Å². The summed E-state index contributed by atoms with van der Waals surface area (Å²) in [6.07, 6.45) is 1.54. The highest BCUT2D eigenvalue weighted by atomic mass is 35.5. The fourth-order valence-corrected chi connectivity index (χ4v) is 3.72. The van der Waals surface area contributed by atoms with E-state index in [0.717, 1.165) is 34.3 Å². The van der Waals surface area contributed by atoms with Crippen LogP contribution in [0.25, 0.3) is 22.0 Å². The van der Waals surface area contributed by atoms with E-state index in [9.17, 15) is 5.11 Å². The number of aromatic nitrogens is 2. The van der Waals surface area contributed by atoms with Crippen molar-refractivity contribution in [3.8, 4) is 11.1 Å². The predicted molar refractivity (Wildman–Crippen MR) is 101 cm³/mol. The van der Waals surface area contributed by atoms with E-state index < -0.39 is 0 Å². The third-order valence-corrected chi connectivity index (χ3v) is 5.21. The van der Waals surface area contributed by atoms with Crippen LogP contribution in [0.2, 0.25) is 10.0 Å². The molecule has 0 amide bonds. The van der Waals surface area contributed by atoms with Crippen molar-refractivity contribution >= 4 is 39.8 Å². The quantitative estimate of drug-likeness (QED) is 0.729. The Hall–Kier alpha value is -1.79. The highest BCUT2D eigenvalue weighted by Crippen LogP contribution is 2.38. The predicted octanol–water partition coefficient (Wildman–Crippen LogP) is 3.73. The van der Waals surface area contributed by atoms with Gasteiger partial charge in [0.2, 0.25) is 0 Å². The van der Waals surface area contributed by atoms with E-state index in [2.05, 4.69) is 27.2 Å². The molecule has 5 nitrogen and oxygen atoms in total. The summed E-state index contributed by atoms with van der Waals surface area (Å²) in [7, 11) is 0. The van der Waals surface area contributed by atoms with Gasteiger partial charge in [-0.15, -0.1) is 0 Å². The number of ether oxygens (including phenoxy) is 1. The van der Waals surface area contributed by atoms with E-state index in [4.69, 9.17) is 27.9 Å². The average molecular weight is 378 g/mol. The number of H-pyrrole nitrogens is 1. The highest BCUT2D eigenvalue weighted by molar-refractivity contribution is 6.42. The molecule has 1 atom stereocenters. The average Bonchev–Trinajstić information content (AvgIpc) is 3.16. The van der Waals surface area contributed by atoms with E-state index in [-0.39, 0.29) is 12.7 Å². The molecule has 4 rings (SSSR count). The number of nitrogens with one attached hydrogen (secondary N) is 1. The molecule has 1 saturated heterocycles. The van der Waals surface area contributed by atoms with Gasteiger partial charge in [-0.2, -0.15) is 5.10 Å². The number of hydrogen-bond acceptors (Lipinski definition) is 4. The van der Waals surface area contributed by atoms with Crippen LogP contribution in [0.1, 0.15) is 0 Å². The molecule has 2 aromatic carbocycles. The largest absolute Gasteiger partial charge is 0.394 e. The Morgan fingerprint density at radius 1 is 1.28 bits per heavy atom.